The Morgan fingerprint density at radius 1 is 1.29 bits per heavy atom. The van der Waals surface area contributed by atoms with Gasteiger partial charge in [0.2, 0.25) is 0 Å². The lowest BCUT2D eigenvalue weighted by Gasteiger charge is -2.29. The molecule has 0 aliphatic carbocycles. The molecule has 0 spiro atoms. The van der Waals surface area contributed by atoms with Crippen LogP contribution in [0.25, 0.3) is 0 Å². The van der Waals surface area contributed by atoms with Crippen LogP contribution >= 0.6 is 0 Å². The lowest BCUT2D eigenvalue weighted by Crippen LogP contribution is -2.52. The predicted molar refractivity (Wildman–Crippen MR) is 71.4 cm³/mol. The Labute approximate surface area is 122 Å². The summed E-state index contributed by atoms with van der Waals surface area (Å²) >= 11 is 0. The molecule has 0 aromatic carbocycles. The van der Waals surface area contributed by atoms with Crippen molar-refractivity contribution < 1.29 is 28.2 Å². The second-order valence-corrected chi connectivity index (χ2v) is 5.60. The molecule has 1 atom stereocenters. The topological polar surface area (TPSA) is 78.9 Å². The minimum absolute atomic E-state index is 0.260. The van der Waals surface area contributed by atoms with Gasteiger partial charge in [-0.15, -0.1) is 0 Å². The fourth-order valence-electron chi connectivity index (χ4n) is 2.19. The quantitative estimate of drug-likeness (QED) is 0.780. The summed E-state index contributed by atoms with van der Waals surface area (Å²) < 4.78 is 32.5. The van der Waals surface area contributed by atoms with Crippen molar-refractivity contribution in [2.24, 2.45) is 5.92 Å². The molecular formula is C13H22F2N2O4. The summed E-state index contributed by atoms with van der Waals surface area (Å²) in [6.07, 6.45) is -1.32. The first-order valence-electron chi connectivity index (χ1n) is 6.95. The number of carbonyl (C=O) groups excluding carboxylic acids is 1. The third kappa shape index (κ3) is 6.24. The van der Waals surface area contributed by atoms with E-state index in [0.717, 1.165) is 0 Å². The number of hydrogen-bond acceptors (Lipinski definition) is 3. The molecular weight excluding hydrogens is 286 g/mol. The number of nitrogens with one attached hydrogen (secondary N) is 1. The molecule has 0 unspecified atom stereocenters. The highest BCUT2D eigenvalue weighted by Crippen LogP contribution is 2.28. The zero-order valence-electron chi connectivity index (χ0n) is 12.3. The summed E-state index contributed by atoms with van der Waals surface area (Å²) in [7, 11) is 0. The van der Waals surface area contributed by atoms with E-state index in [1.165, 1.54) is 4.90 Å². The number of halogens is 2. The molecule has 6 nitrogen and oxygen atoms in total. The van der Waals surface area contributed by atoms with E-state index in [1.54, 1.807) is 13.8 Å². The van der Waals surface area contributed by atoms with Gasteiger partial charge < -0.3 is 20.1 Å². The highest BCUT2D eigenvalue weighted by Gasteiger charge is 2.37. The van der Waals surface area contributed by atoms with Crippen molar-refractivity contribution in [2.45, 2.75) is 38.7 Å². The maximum absolute atomic E-state index is 13.7. The SMILES string of the molecule is CC(C)CC(F)(F)C[C@H](NC(=O)N1CCOCC1)C(=O)O. The van der Waals surface area contributed by atoms with Crippen molar-refractivity contribution in [3.8, 4) is 0 Å². The third-order valence-corrected chi connectivity index (χ3v) is 3.10. The van der Waals surface area contributed by atoms with Crippen LogP contribution in [-0.2, 0) is 9.53 Å². The molecule has 1 aliphatic rings. The van der Waals surface area contributed by atoms with Gasteiger partial charge in [0.15, 0.2) is 0 Å². The van der Waals surface area contributed by atoms with E-state index in [2.05, 4.69) is 5.32 Å². The Hall–Kier alpha value is -1.44. The highest BCUT2D eigenvalue weighted by atomic mass is 19.3. The first-order valence-corrected chi connectivity index (χ1v) is 6.95. The van der Waals surface area contributed by atoms with Crippen molar-refractivity contribution in [3.05, 3.63) is 0 Å². The van der Waals surface area contributed by atoms with Gasteiger partial charge in [-0.05, 0) is 5.92 Å². The molecule has 0 aromatic heterocycles. The Morgan fingerprint density at radius 2 is 1.86 bits per heavy atom. The number of carbonyl (C=O) groups is 2. The summed E-state index contributed by atoms with van der Waals surface area (Å²) in [4.78, 5) is 24.3. The number of carboxylic acids is 1. The molecule has 122 valence electrons. The number of morpholine rings is 1. The minimum Gasteiger partial charge on any atom is -0.480 e. The Kier molecular flexibility index (Phi) is 6.32. The summed E-state index contributed by atoms with van der Waals surface area (Å²) in [5.74, 6) is -4.85. The van der Waals surface area contributed by atoms with Gasteiger partial charge in [-0.2, -0.15) is 0 Å². The Morgan fingerprint density at radius 3 is 2.33 bits per heavy atom. The zero-order chi connectivity index (χ0) is 16.0. The maximum Gasteiger partial charge on any atom is 0.326 e. The Balaban J connectivity index is 2.60. The summed E-state index contributed by atoms with van der Waals surface area (Å²) in [6, 6.07) is -2.25. The molecule has 0 aromatic rings. The van der Waals surface area contributed by atoms with Crippen LogP contribution in [0.2, 0.25) is 0 Å². The van der Waals surface area contributed by atoms with Crippen molar-refractivity contribution >= 4 is 12.0 Å². The average Bonchev–Trinajstić information content (AvgIpc) is 2.36. The molecule has 1 fully saturated rings. The fourth-order valence-corrected chi connectivity index (χ4v) is 2.19. The second-order valence-electron chi connectivity index (χ2n) is 5.60. The van der Waals surface area contributed by atoms with Crippen LogP contribution in [-0.4, -0.2) is 60.3 Å². The third-order valence-electron chi connectivity index (χ3n) is 3.10. The van der Waals surface area contributed by atoms with Gasteiger partial charge in [-0.1, -0.05) is 13.8 Å². The highest BCUT2D eigenvalue weighted by molar-refractivity contribution is 5.82. The number of aliphatic carboxylic acids is 1. The van der Waals surface area contributed by atoms with Crippen molar-refractivity contribution in [1.82, 2.24) is 10.2 Å². The molecule has 1 saturated heterocycles. The van der Waals surface area contributed by atoms with E-state index in [1.807, 2.05) is 0 Å². The molecule has 21 heavy (non-hydrogen) atoms. The van der Waals surface area contributed by atoms with Gasteiger partial charge in [0.25, 0.3) is 5.92 Å². The van der Waals surface area contributed by atoms with Crippen LogP contribution in [0.15, 0.2) is 0 Å². The molecule has 0 bridgehead atoms. The van der Waals surface area contributed by atoms with Crippen LogP contribution in [0.3, 0.4) is 0 Å². The smallest absolute Gasteiger partial charge is 0.326 e. The number of hydrogen-bond donors (Lipinski definition) is 2. The van der Waals surface area contributed by atoms with Gasteiger partial charge in [0.1, 0.15) is 6.04 Å². The molecule has 1 heterocycles. The number of amides is 2. The minimum atomic E-state index is -3.13. The number of alkyl halides is 2. The fraction of sp³-hybridized carbons (Fsp3) is 0.846. The number of rotatable bonds is 6. The first-order chi connectivity index (χ1) is 9.71. The van der Waals surface area contributed by atoms with Crippen LogP contribution in [0.5, 0.6) is 0 Å². The molecule has 0 saturated carbocycles. The lowest BCUT2D eigenvalue weighted by molar-refractivity contribution is -0.142. The van der Waals surface area contributed by atoms with E-state index in [4.69, 9.17) is 9.84 Å². The van der Waals surface area contributed by atoms with E-state index < -0.39 is 36.8 Å². The number of nitrogens with zero attached hydrogens (tertiary/aromatic N) is 1. The average molecular weight is 308 g/mol. The monoisotopic (exact) mass is 308 g/mol. The normalized spacial score (nSPS) is 17.7. The number of ether oxygens (including phenoxy) is 1. The summed E-state index contributed by atoms with van der Waals surface area (Å²) in [5.41, 5.74) is 0. The molecule has 1 aliphatic heterocycles. The van der Waals surface area contributed by atoms with Crippen LogP contribution < -0.4 is 5.32 Å². The van der Waals surface area contributed by atoms with E-state index in [9.17, 15) is 18.4 Å². The molecule has 2 amide bonds. The summed E-state index contributed by atoms with van der Waals surface area (Å²) in [6.45, 7) is 4.62. The van der Waals surface area contributed by atoms with Gasteiger partial charge in [-0.25, -0.2) is 18.4 Å². The van der Waals surface area contributed by atoms with E-state index >= 15 is 0 Å². The largest absolute Gasteiger partial charge is 0.480 e. The zero-order valence-corrected chi connectivity index (χ0v) is 12.3. The standard InChI is InChI=1S/C13H22F2N2O4/c1-9(2)7-13(14,15)8-10(11(18)19)16-12(20)17-3-5-21-6-4-17/h9-10H,3-8H2,1-2H3,(H,16,20)(H,18,19)/t10-/m0/s1. The molecule has 2 N–H and O–H groups in total. The molecule has 0 radical (unpaired) electrons. The van der Waals surface area contributed by atoms with Gasteiger partial charge in [-0.3, -0.25) is 0 Å². The maximum atomic E-state index is 13.7. The van der Waals surface area contributed by atoms with Gasteiger partial charge in [0, 0.05) is 25.9 Å². The van der Waals surface area contributed by atoms with Gasteiger partial charge >= 0.3 is 12.0 Å². The van der Waals surface area contributed by atoms with Crippen LogP contribution in [0.4, 0.5) is 13.6 Å². The first kappa shape index (κ1) is 17.6. The van der Waals surface area contributed by atoms with Crippen molar-refractivity contribution in [2.75, 3.05) is 26.3 Å². The number of carboxylic acid groups (broad SMARTS) is 1. The predicted octanol–water partition coefficient (Wildman–Crippen LogP) is 1.55. The molecule has 8 heteroatoms. The number of urea groups is 1. The van der Waals surface area contributed by atoms with Crippen LogP contribution in [0.1, 0.15) is 26.7 Å². The van der Waals surface area contributed by atoms with Crippen LogP contribution in [0, 0.1) is 5.92 Å². The van der Waals surface area contributed by atoms with E-state index in [-0.39, 0.29) is 5.92 Å². The lowest BCUT2D eigenvalue weighted by atomic mass is 9.99. The van der Waals surface area contributed by atoms with Crippen molar-refractivity contribution in [3.63, 3.8) is 0 Å². The van der Waals surface area contributed by atoms with Gasteiger partial charge in [0.05, 0.1) is 13.2 Å². The van der Waals surface area contributed by atoms with Crippen molar-refractivity contribution in [1.29, 1.82) is 0 Å². The summed E-state index contributed by atoms with van der Waals surface area (Å²) in [5, 5.41) is 11.2. The Bertz CT molecular complexity index is 371. The van der Waals surface area contributed by atoms with E-state index in [0.29, 0.717) is 26.3 Å². The second kappa shape index (κ2) is 7.53. The molecule has 1 rings (SSSR count).